The van der Waals surface area contributed by atoms with Gasteiger partial charge >= 0.3 is 12.6 Å². The number of rotatable bonds is 8. The van der Waals surface area contributed by atoms with Crippen LogP contribution in [0.3, 0.4) is 0 Å². The van der Waals surface area contributed by atoms with Gasteiger partial charge in [-0.1, -0.05) is 12.1 Å². The highest BCUT2D eigenvalue weighted by atomic mass is 19.3. The van der Waals surface area contributed by atoms with E-state index in [2.05, 4.69) is 10.1 Å². The van der Waals surface area contributed by atoms with Crippen molar-refractivity contribution >= 4 is 5.97 Å². The van der Waals surface area contributed by atoms with Gasteiger partial charge in [0, 0.05) is 6.04 Å². The van der Waals surface area contributed by atoms with E-state index in [1.165, 1.54) is 12.1 Å². The smallest absolute Gasteiger partial charge is 0.387 e. The minimum Gasteiger partial charge on any atom is -0.480 e. The molecule has 0 aliphatic heterocycles. The molecule has 2 N–H and O–H groups in total. The molecule has 0 fully saturated rings. The molecule has 20 heavy (non-hydrogen) atoms. The summed E-state index contributed by atoms with van der Waals surface area (Å²) in [5.74, 6) is -0.750. The van der Waals surface area contributed by atoms with Crippen molar-refractivity contribution in [2.75, 3.05) is 0 Å². The van der Waals surface area contributed by atoms with Crippen molar-refractivity contribution in [1.82, 2.24) is 5.32 Å². The third kappa shape index (κ3) is 5.97. The molecule has 2 atom stereocenters. The maximum absolute atomic E-state index is 12.0. The summed E-state index contributed by atoms with van der Waals surface area (Å²) in [6.07, 6.45) is 1.49. The number of benzene rings is 1. The van der Waals surface area contributed by atoms with Gasteiger partial charge in [0.1, 0.15) is 11.8 Å². The van der Waals surface area contributed by atoms with Crippen molar-refractivity contribution in [3.05, 3.63) is 29.8 Å². The molecule has 0 aliphatic rings. The quantitative estimate of drug-likeness (QED) is 0.772. The van der Waals surface area contributed by atoms with E-state index >= 15 is 0 Å². The largest absolute Gasteiger partial charge is 0.480 e. The van der Waals surface area contributed by atoms with Crippen LogP contribution in [0.2, 0.25) is 0 Å². The normalized spacial score (nSPS) is 14.1. The SMILES string of the molecule is CC(CCc1ccc(OC(F)F)cc1)N[C@@H](C)C(=O)O. The van der Waals surface area contributed by atoms with Crippen molar-refractivity contribution in [3.8, 4) is 5.75 Å². The number of hydrogen-bond donors (Lipinski definition) is 2. The summed E-state index contributed by atoms with van der Waals surface area (Å²) in [4.78, 5) is 10.7. The van der Waals surface area contributed by atoms with E-state index in [1.807, 2.05) is 6.92 Å². The predicted octanol–water partition coefficient (Wildman–Crippen LogP) is 2.67. The Morgan fingerprint density at radius 1 is 1.30 bits per heavy atom. The van der Waals surface area contributed by atoms with Crippen molar-refractivity contribution < 1.29 is 23.4 Å². The molecule has 1 aromatic rings. The number of alkyl halides is 2. The van der Waals surface area contributed by atoms with Gasteiger partial charge in [-0.05, 0) is 44.4 Å². The van der Waals surface area contributed by atoms with Gasteiger partial charge in [0.25, 0.3) is 0 Å². The lowest BCUT2D eigenvalue weighted by molar-refractivity contribution is -0.139. The van der Waals surface area contributed by atoms with E-state index in [-0.39, 0.29) is 11.8 Å². The first-order valence-corrected chi connectivity index (χ1v) is 6.41. The highest BCUT2D eigenvalue weighted by molar-refractivity contribution is 5.72. The van der Waals surface area contributed by atoms with Crippen LogP contribution in [0.1, 0.15) is 25.8 Å². The number of aryl methyl sites for hydroxylation is 1. The fourth-order valence-electron chi connectivity index (χ4n) is 1.80. The Morgan fingerprint density at radius 3 is 2.40 bits per heavy atom. The molecule has 0 saturated heterocycles. The Kier molecular flexibility index (Phi) is 6.38. The second-order valence-electron chi connectivity index (χ2n) is 4.69. The Balaban J connectivity index is 2.39. The molecule has 112 valence electrons. The van der Waals surface area contributed by atoms with Gasteiger partial charge in [0.15, 0.2) is 0 Å². The molecule has 0 amide bonds. The number of carboxylic acid groups (broad SMARTS) is 1. The Labute approximate surface area is 116 Å². The van der Waals surface area contributed by atoms with E-state index in [9.17, 15) is 13.6 Å². The average Bonchev–Trinajstić information content (AvgIpc) is 2.37. The molecule has 0 saturated carbocycles. The van der Waals surface area contributed by atoms with Crippen molar-refractivity contribution in [2.24, 2.45) is 0 Å². The summed E-state index contributed by atoms with van der Waals surface area (Å²) in [7, 11) is 0. The van der Waals surface area contributed by atoms with Crippen LogP contribution in [0, 0.1) is 0 Å². The zero-order valence-corrected chi connectivity index (χ0v) is 11.5. The maximum atomic E-state index is 12.0. The van der Waals surface area contributed by atoms with Crippen molar-refractivity contribution in [3.63, 3.8) is 0 Å². The molecule has 6 heteroatoms. The Morgan fingerprint density at radius 2 is 1.90 bits per heavy atom. The lowest BCUT2D eigenvalue weighted by atomic mass is 10.1. The Bertz CT molecular complexity index is 423. The van der Waals surface area contributed by atoms with Crippen LogP contribution < -0.4 is 10.1 Å². The van der Waals surface area contributed by atoms with Crippen molar-refractivity contribution in [1.29, 1.82) is 0 Å². The molecular formula is C14H19F2NO3. The fraction of sp³-hybridized carbons (Fsp3) is 0.500. The Hall–Kier alpha value is -1.69. The van der Waals surface area contributed by atoms with Gasteiger partial charge in [-0.3, -0.25) is 4.79 Å². The topological polar surface area (TPSA) is 58.6 Å². The van der Waals surface area contributed by atoms with Gasteiger partial charge in [-0.25, -0.2) is 0 Å². The van der Waals surface area contributed by atoms with E-state index in [0.29, 0.717) is 0 Å². The minimum atomic E-state index is -2.82. The summed E-state index contributed by atoms with van der Waals surface area (Å²) >= 11 is 0. The first kappa shape index (κ1) is 16.4. The zero-order valence-electron chi connectivity index (χ0n) is 11.5. The zero-order chi connectivity index (χ0) is 15.1. The third-order valence-corrected chi connectivity index (χ3v) is 2.92. The van der Waals surface area contributed by atoms with Crippen LogP contribution in [0.5, 0.6) is 5.75 Å². The average molecular weight is 287 g/mol. The standard InChI is InChI=1S/C14H19F2NO3/c1-9(17-10(2)13(18)19)3-4-11-5-7-12(8-6-11)20-14(15)16/h5-10,14,17H,3-4H2,1-2H3,(H,18,19)/t9?,10-/m0/s1. The number of nitrogens with one attached hydrogen (secondary N) is 1. The van der Waals surface area contributed by atoms with Crippen molar-refractivity contribution in [2.45, 2.75) is 45.4 Å². The molecule has 1 unspecified atom stereocenters. The number of carbonyl (C=O) groups is 1. The van der Waals surface area contributed by atoms with Gasteiger partial charge in [0.2, 0.25) is 0 Å². The van der Waals surface area contributed by atoms with Crippen LogP contribution in [0.25, 0.3) is 0 Å². The summed E-state index contributed by atoms with van der Waals surface area (Å²) in [6, 6.07) is 5.92. The number of aliphatic carboxylic acids is 1. The molecule has 0 heterocycles. The van der Waals surface area contributed by atoms with E-state index in [1.54, 1.807) is 19.1 Å². The molecule has 4 nitrogen and oxygen atoms in total. The fourth-order valence-corrected chi connectivity index (χ4v) is 1.80. The second kappa shape index (κ2) is 7.79. The monoisotopic (exact) mass is 287 g/mol. The maximum Gasteiger partial charge on any atom is 0.387 e. The van der Waals surface area contributed by atoms with Crippen LogP contribution in [-0.4, -0.2) is 29.8 Å². The van der Waals surface area contributed by atoms with Gasteiger partial charge < -0.3 is 15.2 Å². The molecule has 0 spiro atoms. The predicted molar refractivity (Wildman–Crippen MR) is 71.1 cm³/mol. The molecule has 0 aromatic heterocycles. The molecular weight excluding hydrogens is 268 g/mol. The number of halogens is 2. The lowest BCUT2D eigenvalue weighted by Gasteiger charge is -2.17. The minimum absolute atomic E-state index is 0.0538. The molecule has 1 rings (SSSR count). The first-order valence-electron chi connectivity index (χ1n) is 6.41. The van der Waals surface area contributed by atoms with Gasteiger partial charge in [0.05, 0.1) is 0 Å². The van der Waals surface area contributed by atoms with E-state index in [4.69, 9.17) is 5.11 Å². The molecule has 0 aliphatic carbocycles. The number of hydrogen-bond acceptors (Lipinski definition) is 3. The number of carboxylic acids is 1. The van der Waals surface area contributed by atoms with E-state index < -0.39 is 18.6 Å². The molecule has 1 aromatic carbocycles. The summed E-state index contributed by atoms with van der Waals surface area (Å²) in [5, 5.41) is 11.7. The number of ether oxygens (including phenoxy) is 1. The van der Waals surface area contributed by atoms with Crippen LogP contribution in [-0.2, 0) is 11.2 Å². The lowest BCUT2D eigenvalue weighted by Crippen LogP contribution is -2.40. The van der Waals surface area contributed by atoms with Gasteiger partial charge in [-0.15, -0.1) is 0 Å². The third-order valence-electron chi connectivity index (χ3n) is 2.92. The second-order valence-corrected chi connectivity index (χ2v) is 4.69. The summed E-state index contributed by atoms with van der Waals surface area (Å²) in [6.45, 7) is 0.686. The van der Waals surface area contributed by atoms with Crippen LogP contribution in [0.15, 0.2) is 24.3 Å². The van der Waals surface area contributed by atoms with Gasteiger partial charge in [-0.2, -0.15) is 8.78 Å². The summed E-state index contributed by atoms with van der Waals surface area (Å²) in [5.41, 5.74) is 0.989. The molecule has 0 radical (unpaired) electrons. The van der Waals surface area contributed by atoms with Crippen LogP contribution >= 0.6 is 0 Å². The summed E-state index contributed by atoms with van der Waals surface area (Å²) < 4.78 is 28.2. The van der Waals surface area contributed by atoms with E-state index in [0.717, 1.165) is 18.4 Å². The molecule has 0 bridgehead atoms. The first-order chi connectivity index (χ1) is 9.38. The van der Waals surface area contributed by atoms with Crippen LogP contribution in [0.4, 0.5) is 8.78 Å². The highest BCUT2D eigenvalue weighted by Gasteiger charge is 2.13. The highest BCUT2D eigenvalue weighted by Crippen LogP contribution is 2.16.